The summed E-state index contributed by atoms with van der Waals surface area (Å²) in [5.74, 6) is -0.377. The van der Waals surface area contributed by atoms with Crippen molar-refractivity contribution >= 4 is 39.6 Å². The summed E-state index contributed by atoms with van der Waals surface area (Å²) in [6.07, 6.45) is 1.57. The fourth-order valence-electron chi connectivity index (χ4n) is 1.78. The Morgan fingerprint density at radius 1 is 1.28 bits per heavy atom. The van der Waals surface area contributed by atoms with Crippen molar-refractivity contribution < 1.29 is 14.4 Å². The van der Waals surface area contributed by atoms with Gasteiger partial charge in [-0.25, -0.2) is 9.78 Å². The van der Waals surface area contributed by atoms with Crippen LogP contribution in [0.5, 0.6) is 0 Å². The van der Waals surface area contributed by atoms with Crippen molar-refractivity contribution in [3.63, 3.8) is 0 Å². The van der Waals surface area contributed by atoms with Crippen LogP contribution < -0.4 is 16.0 Å². The summed E-state index contributed by atoms with van der Waals surface area (Å²) in [6, 6.07) is 2.20. The van der Waals surface area contributed by atoms with E-state index < -0.39 is 23.5 Å². The van der Waals surface area contributed by atoms with Crippen molar-refractivity contribution in [1.29, 1.82) is 0 Å². The zero-order chi connectivity index (χ0) is 19.2. The Morgan fingerprint density at radius 2 is 1.92 bits per heavy atom. The van der Waals surface area contributed by atoms with Crippen LogP contribution in [-0.4, -0.2) is 52.9 Å². The van der Waals surface area contributed by atoms with Crippen molar-refractivity contribution in [2.24, 2.45) is 0 Å². The first-order valence-electron chi connectivity index (χ1n) is 7.72. The van der Waals surface area contributed by atoms with E-state index in [9.17, 15) is 14.4 Å². The van der Waals surface area contributed by atoms with Gasteiger partial charge in [-0.05, 0) is 62.8 Å². The molecule has 8 nitrogen and oxygen atoms in total. The first-order valence-corrected chi connectivity index (χ1v) is 8.52. The van der Waals surface area contributed by atoms with Crippen LogP contribution in [-0.2, 0) is 9.59 Å². The Hall–Kier alpha value is -2.00. The second kappa shape index (κ2) is 8.91. The summed E-state index contributed by atoms with van der Waals surface area (Å²) in [7, 11) is 1.63. The number of halogens is 1. The van der Waals surface area contributed by atoms with Crippen LogP contribution in [0.1, 0.15) is 27.7 Å². The number of amides is 4. The molecule has 0 aliphatic heterocycles. The van der Waals surface area contributed by atoms with Crippen LogP contribution in [0, 0.1) is 0 Å². The third kappa shape index (κ3) is 8.08. The molecule has 3 N–H and O–H groups in total. The Labute approximate surface area is 155 Å². The number of nitrogens with one attached hydrogen (secondary N) is 3. The molecule has 0 aliphatic rings. The van der Waals surface area contributed by atoms with Crippen molar-refractivity contribution in [2.75, 3.05) is 18.9 Å². The smallest absolute Gasteiger partial charge is 0.321 e. The third-order valence-corrected chi connectivity index (χ3v) is 3.62. The Balaban J connectivity index is 2.50. The Morgan fingerprint density at radius 3 is 2.44 bits per heavy atom. The van der Waals surface area contributed by atoms with Gasteiger partial charge in [0, 0.05) is 16.2 Å². The van der Waals surface area contributed by atoms with Crippen molar-refractivity contribution in [3.05, 3.63) is 22.8 Å². The highest BCUT2D eigenvalue weighted by molar-refractivity contribution is 9.10. The topological polar surface area (TPSA) is 103 Å². The fourth-order valence-corrected chi connectivity index (χ4v) is 2.02. The number of hydrogen-bond donors (Lipinski definition) is 3. The van der Waals surface area contributed by atoms with E-state index in [1.807, 2.05) is 20.8 Å². The Bertz CT molecular complexity index is 628. The lowest BCUT2D eigenvalue weighted by Gasteiger charge is -2.24. The molecule has 0 radical (unpaired) electrons. The molecule has 0 fully saturated rings. The number of carbonyl (C=O) groups is 3. The average molecular weight is 414 g/mol. The molecule has 0 saturated heterocycles. The first-order chi connectivity index (χ1) is 11.5. The maximum absolute atomic E-state index is 12.1. The van der Waals surface area contributed by atoms with E-state index in [2.05, 4.69) is 36.9 Å². The van der Waals surface area contributed by atoms with E-state index in [1.54, 1.807) is 32.3 Å². The monoisotopic (exact) mass is 413 g/mol. The van der Waals surface area contributed by atoms with Gasteiger partial charge in [-0.3, -0.25) is 19.8 Å². The van der Waals surface area contributed by atoms with E-state index in [0.29, 0.717) is 5.82 Å². The molecular weight excluding hydrogens is 390 g/mol. The molecule has 1 unspecified atom stereocenters. The van der Waals surface area contributed by atoms with Gasteiger partial charge in [0.1, 0.15) is 5.82 Å². The van der Waals surface area contributed by atoms with E-state index in [0.717, 1.165) is 4.47 Å². The summed E-state index contributed by atoms with van der Waals surface area (Å²) >= 11 is 3.26. The maximum Gasteiger partial charge on any atom is 0.321 e. The van der Waals surface area contributed by atoms with Crippen LogP contribution in [0.3, 0.4) is 0 Å². The SMILES string of the molecule is CC(C(=O)NC(=O)NC(C)(C)C)N(C)CC(=O)Nc1ccc(Br)cn1. The molecule has 1 rings (SSSR count). The lowest BCUT2D eigenvalue weighted by molar-refractivity contribution is -0.125. The van der Waals surface area contributed by atoms with Gasteiger partial charge in [0.05, 0.1) is 12.6 Å². The molecule has 0 aromatic carbocycles. The van der Waals surface area contributed by atoms with Gasteiger partial charge in [0.15, 0.2) is 0 Å². The van der Waals surface area contributed by atoms with Gasteiger partial charge in [-0.15, -0.1) is 0 Å². The van der Waals surface area contributed by atoms with E-state index >= 15 is 0 Å². The highest BCUT2D eigenvalue weighted by Crippen LogP contribution is 2.10. The minimum absolute atomic E-state index is 0.0206. The highest BCUT2D eigenvalue weighted by atomic mass is 79.9. The number of pyridine rings is 1. The molecule has 0 aliphatic carbocycles. The zero-order valence-corrected chi connectivity index (χ0v) is 16.6. The van der Waals surface area contributed by atoms with Crippen LogP contribution in [0.15, 0.2) is 22.8 Å². The van der Waals surface area contributed by atoms with Crippen LogP contribution in [0.4, 0.5) is 10.6 Å². The van der Waals surface area contributed by atoms with E-state index in [-0.39, 0.29) is 12.5 Å². The number of nitrogens with zero attached hydrogens (tertiary/aromatic N) is 2. The van der Waals surface area contributed by atoms with Gasteiger partial charge < -0.3 is 10.6 Å². The second-order valence-electron chi connectivity index (χ2n) is 6.69. The molecule has 9 heteroatoms. The summed E-state index contributed by atoms with van der Waals surface area (Å²) in [5.41, 5.74) is -0.447. The molecule has 25 heavy (non-hydrogen) atoms. The third-order valence-electron chi connectivity index (χ3n) is 3.15. The minimum atomic E-state index is -0.658. The number of anilines is 1. The molecular formula is C16H24BrN5O3. The van der Waals surface area contributed by atoms with Crippen molar-refractivity contribution in [3.8, 4) is 0 Å². The van der Waals surface area contributed by atoms with Crippen LogP contribution in [0.25, 0.3) is 0 Å². The van der Waals surface area contributed by atoms with Gasteiger partial charge >= 0.3 is 6.03 Å². The maximum atomic E-state index is 12.1. The molecule has 138 valence electrons. The minimum Gasteiger partial charge on any atom is -0.333 e. The summed E-state index contributed by atoms with van der Waals surface area (Å²) in [4.78, 5) is 41.4. The lowest BCUT2D eigenvalue weighted by Crippen LogP contribution is -2.53. The number of hydrogen-bond acceptors (Lipinski definition) is 5. The number of aromatic nitrogens is 1. The van der Waals surface area contributed by atoms with E-state index in [4.69, 9.17) is 0 Å². The normalized spacial score (nSPS) is 12.4. The predicted molar refractivity (Wildman–Crippen MR) is 99.1 cm³/mol. The van der Waals surface area contributed by atoms with Crippen molar-refractivity contribution in [2.45, 2.75) is 39.3 Å². The molecule has 1 atom stereocenters. The van der Waals surface area contributed by atoms with Gasteiger partial charge in [-0.2, -0.15) is 0 Å². The number of carbonyl (C=O) groups excluding carboxylic acids is 3. The molecule has 4 amide bonds. The number of imide groups is 1. The molecule has 0 bridgehead atoms. The Kier molecular flexibility index (Phi) is 7.50. The first kappa shape index (κ1) is 21.0. The van der Waals surface area contributed by atoms with Gasteiger partial charge in [0.25, 0.3) is 0 Å². The van der Waals surface area contributed by atoms with Crippen LogP contribution in [0.2, 0.25) is 0 Å². The summed E-state index contributed by atoms with van der Waals surface area (Å²) in [6.45, 7) is 7.03. The van der Waals surface area contributed by atoms with Gasteiger partial charge in [0.2, 0.25) is 11.8 Å². The molecule has 0 spiro atoms. The largest absolute Gasteiger partial charge is 0.333 e. The molecule has 1 heterocycles. The number of likely N-dealkylation sites (N-methyl/N-ethyl adjacent to an activating group) is 1. The lowest BCUT2D eigenvalue weighted by atomic mass is 10.1. The average Bonchev–Trinajstić information content (AvgIpc) is 2.46. The standard InChI is InChI=1S/C16H24BrN5O3/c1-10(14(24)20-15(25)21-16(2,3)4)22(5)9-13(23)19-12-7-6-11(17)8-18-12/h6-8,10H,9H2,1-5H3,(H,18,19,23)(H2,20,21,24,25). The van der Waals surface area contributed by atoms with Gasteiger partial charge in [-0.1, -0.05) is 0 Å². The number of rotatable bonds is 5. The predicted octanol–water partition coefficient (Wildman–Crippen LogP) is 1.73. The summed E-state index contributed by atoms with van der Waals surface area (Å²) < 4.78 is 0.807. The molecule has 0 saturated carbocycles. The second-order valence-corrected chi connectivity index (χ2v) is 7.61. The van der Waals surface area contributed by atoms with E-state index in [1.165, 1.54) is 4.90 Å². The highest BCUT2D eigenvalue weighted by Gasteiger charge is 2.23. The number of urea groups is 1. The quantitative estimate of drug-likeness (QED) is 0.681. The molecule has 1 aromatic rings. The fraction of sp³-hybridized carbons (Fsp3) is 0.500. The zero-order valence-electron chi connectivity index (χ0n) is 15.0. The van der Waals surface area contributed by atoms with Crippen molar-refractivity contribution in [1.82, 2.24) is 20.5 Å². The summed E-state index contributed by atoms with van der Waals surface area (Å²) in [5, 5.41) is 7.55. The van der Waals surface area contributed by atoms with Crippen LogP contribution >= 0.6 is 15.9 Å². The molecule has 1 aromatic heterocycles.